The molecule has 0 spiro atoms. The van der Waals surface area contributed by atoms with E-state index >= 15 is 0 Å². The summed E-state index contributed by atoms with van der Waals surface area (Å²) in [7, 11) is 0. The minimum Gasteiger partial charge on any atom is -0.310 e. The zero-order chi connectivity index (χ0) is 12.3. The molecule has 0 bridgehead atoms. The molecule has 2 aliphatic carbocycles. The second-order valence-electron chi connectivity index (χ2n) is 6.33. The van der Waals surface area contributed by atoms with Gasteiger partial charge in [-0.05, 0) is 50.2 Å². The first kappa shape index (κ1) is 13.7. The van der Waals surface area contributed by atoms with Crippen LogP contribution in [0, 0.1) is 11.8 Å². The maximum atomic E-state index is 4.01. The van der Waals surface area contributed by atoms with Gasteiger partial charge in [-0.2, -0.15) is 11.8 Å². The Bertz CT molecular complexity index is 231. The molecule has 0 amide bonds. The molecule has 1 nitrogen and oxygen atoms in total. The van der Waals surface area contributed by atoms with Crippen LogP contribution in [0.2, 0.25) is 0 Å². The van der Waals surface area contributed by atoms with Gasteiger partial charge in [0.1, 0.15) is 0 Å². The van der Waals surface area contributed by atoms with Gasteiger partial charge in [-0.3, -0.25) is 0 Å². The van der Waals surface area contributed by atoms with E-state index in [2.05, 4.69) is 37.2 Å². The summed E-state index contributed by atoms with van der Waals surface area (Å²) < 4.78 is 0. The number of nitrogens with one attached hydrogen (secondary N) is 1. The average molecular weight is 255 g/mol. The highest BCUT2D eigenvalue weighted by molar-refractivity contribution is 7.99. The molecule has 17 heavy (non-hydrogen) atoms. The molecule has 1 N–H and O–H groups in total. The molecule has 0 aromatic heterocycles. The van der Waals surface area contributed by atoms with E-state index in [4.69, 9.17) is 0 Å². The van der Waals surface area contributed by atoms with Crippen LogP contribution in [0.15, 0.2) is 0 Å². The second-order valence-corrected chi connectivity index (χ2v) is 7.41. The fraction of sp³-hybridized carbons (Fsp3) is 1.00. The van der Waals surface area contributed by atoms with Gasteiger partial charge in [0.2, 0.25) is 0 Å². The Balaban J connectivity index is 1.86. The lowest BCUT2D eigenvalue weighted by atomic mass is 9.79. The van der Waals surface area contributed by atoms with E-state index in [1.54, 1.807) is 0 Å². The summed E-state index contributed by atoms with van der Waals surface area (Å²) in [6.07, 6.45) is 12.3. The van der Waals surface area contributed by atoms with Crippen LogP contribution in [0.5, 0.6) is 0 Å². The smallest absolute Gasteiger partial charge is 0.0198 e. The van der Waals surface area contributed by atoms with Crippen molar-refractivity contribution in [1.29, 1.82) is 0 Å². The molecule has 2 saturated carbocycles. The zero-order valence-corrected chi connectivity index (χ0v) is 12.6. The highest BCUT2D eigenvalue weighted by Crippen LogP contribution is 2.32. The van der Waals surface area contributed by atoms with Gasteiger partial charge in [0.05, 0.1) is 0 Å². The van der Waals surface area contributed by atoms with E-state index in [0.717, 1.165) is 29.2 Å². The molecule has 0 saturated heterocycles. The fourth-order valence-corrected chi connectivity index (χ4v) is 4.70. The summed E-state index contributed by atoms with van der Waals surface area (Å²) in [5.41, 5.74) is 0. The van der Waals surface area contributed by atoms with Crippen molar-refractivity contribution in [3.8, 4) is 0 Å². The van der Waals surface area contributed by atoms with Gasteiger partial charge in [0.25, 0.3) is 0 Å². The van der Waals surface area contributed by atoms with E-state index in [1.165, 1.54) is 44.9 Å². The first-order valence-electron chi connectivity index (χ1n) is 7.49. The van der Waals surface area contributed by atoms with Gasteiger partial charge in [-0.15, -0.1) is 0 Å². The quantitative estimate of drug-likeness (QED) is 0.815. The van der Waals surface area contributed by atoms with Crippen LogP contribution in [0.25, 0.3) is 0 Å². The number of thioether (sulfide) groups is 1. The third-order valence-electron chi connectivity index (χ3n) is 4.86. The Morgan fingerprint density at radius 3 is 2.41 bits per heavy atom. The van der Waals surface area contributed by atoms with Gasteiger partial charge in [-0.1, -0.05) is 26.7 Å². The molecular formula is C15H29NS. The van der Waals surface area contributed by atoms with Crippen LogP contribution in [0.3, 0.4) is 0 Å². The molecule has 0 aromatic carbocycles. The Labute approximate surface area is 112 Å². The van der Waals surface area contributed by atoms with Crippen molar-refractivity contribution in [3.63, 3.8) is 0 Å². The fourth-order valence-electron chi connectivity index (χ4n) is 3.76. The Hall–Kier alpha value is 0.310. The Morgan fingerprint density at radius 2 is 1.71 bits per heavy atom. The highest BCUT2D eigenvalue weighted by atomic mass is 32.2. The molecule has 0 aliphatic heterocycles. The summed E-state index contributed by atoms with van der Waals surface area (Å²) in [5.74, 6) is 1.83. The second kappa shape index (κ2) is 6.47. The first-order chi connectivity index (χ1) is 8.20. The van der Waals surface area contributed by atoms with Crippen molar-refractivity contribution in [2.75, 3.05) is 6.26 Å². The molecule has 100 valence electrons. The van der Waals surface area contributed by atoms with Crippen LogP contribution < -0.4 is 5.32 Å². The van der Waals surface area contributed by atoms with Crippen LogP contribution in [-0.2, 0) is 0 Å². The Morgan fingerprint density at radius 1 is 0.941 bits per heavy atom. The van der Waals surface area contributed by atoms with Gasteiger partial charge in [0, 0.05) is 17.3 Å². The topological polar surface area (TPSA) is 12.0 Å². The van der Waals surface area contributed by atoms with Crippen molar-refractivity contribution in [2.24, 2.45) is 11.8 Å². The summed E-state index contributed by atoms with van der Waals surface area (Å²) in [6, 6.07) is 1.59. The molecular weight excluding hydrogens is 226 g/mol. The predicted octanol–water partition coefficient (Wildman–Crippen LogP) is 4.07. The molecule has 2 fully saturated rings. The van der Waals surface area contributed by atoms with Crippen molar-refractivity contribution in [2.45, 2.75) is 76.1 Å². The third-order valence-corrected chi connectivity index (χ3v) is 6.03. The van der Waals surface area contributed by atoms with E-state index in [1.807, 2.05) is 0 Å². The van der Waals surface area contributed by atoms with Crippen LogP contribution >= 0.6 is 11.8 Å². The first-order valence-corrected chi connectivity index (χ1v) is 8.78. The van der Waals surface area contributed by atoms with Crippen LogP contribution in [0.1, 0.15) is 58.8 Å². The third kappa shape index (κ3) is 3.64. The van der Waals surface area contributed by atoms with Crippen LogP contribution in [-0.4, -0.2) is 23.6 Å². The minimum absolute atomic E-state index is 0.791. The standard InChI is InChI=1S/C15H29NS/c1-11-8-9-13(12(2)10-11)16-14-6-4-5-7-15(14)17-3/h11-16H,4-10H2,1-3H3. The zero-order valence-electron chi connectivity index (χ0n) is 11.7. The van der Waals surface area contributed by atoms with Gasteiger partial charge in [-0.25, -0.2) is 0 Å². The number of hydrogen-bond donors (Lipinski definition) is 1. The monoisotopic (exact) mass is 255 g/mol. The SMILES string of the molecule is CSC1CCCCC1NC1CCC(C)CC1C. The maximum Gasteiger partial charge on any atom is 0.0198 e. The van der Waals surface area contributed by atoms with E-state index in [-0.39, 0.29) is 0 Å². The summed E-state index contributed by atoms with van der Waals surface area (Å²) >= 11 is 2.08. The van der Waals surface area contributed by atoms with Crippen LogP contribution in [0.4, 0.5) is 0 Å². The molecule has 2 aliphatic rings. The molecule has 0 aromatic rings. The van der Waals surface area contributed by atoms with Crippen molar-refractivity contribution in [1.82, 2.24) is 5.32 Å². The number of rotatable bonds is 3. The molecule has 0 heterocycles. The lowest BCUT2D eigenvalue weighted by Gasteiger charge is -2.39. The molecule has 0 radical (unpaired) electrons. The minimum atomic E-state index is 0.791. The lowest BCUT2D eigenvalue weighted by Crippen LogP contribution is -2.49. The molecule has 2 rings (SSSR count). The predicted molar refractivity (Wildman–Crippen MR) is 78.7 cm³/mol. The van der Waals surface area contributed by atoms with Gasteiger partial charge >= 0.3 is 0 Å². The maximum absolute atomic E-state index is 4.01. The lowest BCUT2D eigenvalue weighted by molar-refractivity contribution is 0.201. The van der Waals surface area contributed by atoms with Gasteiger partial charge in [0.15, 0.2) is 0 Å². The van der Waals surface area contributed by atoms with E-state index in [9.17, 15) is 0 Å². The number of hydrogen-bond acceptors (Lipinski definition) is 2. The van der Waals surface area contributed by atoms with E-state index in [0.29, 0.717) is 0 Å². The van der Waals surface area contributed by atoms with Gasteiger partial charge < -0.3 is 5.32 Å². The molecule has 5 unspecified atom stereocenters. The largest absolute Gasteiger partial charge is 0.310 e. The van der Waals surface area contributed by atoms with Crippen molar-refractivity contribution >= 4 is 11.8 Å². The summed E-state index contributed by atoms with van der Waals surface area (Å²) in [4.78, 5) is 0. The average Bonchev–Trinajstić information content (AvgIpc) is 2.33. The Kier molecular flexibility index (Phi) is 5.23. The van der Waals surface area contributed by atoms with Crippen molar-refractivity contribution in [3.05, 3.63) is 0 Å². The summed E-state index contributed by atoms with van der Waals surface area (Å²) in [6.45, 7) is 4.86. The van der Waals surface area contributed by atoms with E-state index < -0.39 is 0 Å². The normalized spacial score (nSPS) is 43.6. The van der Waals surface area contributed by atoms with Crippen molar-refractivity contribution < 1.29 is 0 Å². The molecule has 5 atom stereocenters. The molecule has 2 heteroatoms. The summed E-state index contributed by atoms with van der Waals surface area (Å²) in [5, 5.41) is 4.88. The highest BCUT2D eigenvalue weighted by Gasteiger charge is 2.30.